The Balaban J connectivity index is 2.13. The van der Waals surface area contributed by atoms with Crippen LogP contribution in [-0.2, 0) is 11.2 Å². The maximum Gasteiger partial charge on any atom is 0.236 e. The molecule has 0 spiro atoms. The molecule has 0 radical (unpaired) electrons. The summed E-state index contributed by atoms with van der Waals surface area (Å²) in [4.78, 5) is 16.6. The first-order valence-corrected chi connectivity index (χ1v) is 7.53. The van der Waals surface area contributed by atoms with Gasteiger partial charge < -0.3 is 5.32 Å². The van der Waals surface area contributed by atoms with Gasteiger partial charge in [-0.25, -0.2) is 0 Å². The number of hydrogen-bond acceptors (Lipinski definition) is 3. The second-order valence-corrected chi connectivity index (χ2v) is 5.96. The van der Waals surface area contributed by atoms with E-state index in [1.54, 1.807) is 7.05 Å². The quantitative estimate of drug-likeness (QED) is 0.866. The van der Waals surface area contributed by atoms with E-state index in [4.69, 9.17) is 0 Å². The third-order valence-corrected chi connectivity index (χ3v) is 3.87. The standard InChI is InChI=1S/C16H25N3O/c1-11(2)10-14(16(20)17-3)19-13-8-4-6-12-7-5-9-18-15(12)13/h5,7,9,11,13-14,19H,4,6,8,10H2,1-3H3,(H,17,20). The largest absolute Gasteiger partial charge is 0.358 e. The molecule has 0 saturated carbocycles. The number of carbonyl (C=O) groups is 1. The van der Waals surface area contributed by atoms with Crippen LogP contribution in [0.4, 0.5) is 0 Å². The van der Waals surface area contributed by atoms with E-state index in [1.165, 1.54) is 5.56 Å². The summed E-state index contributed by atoms with van der Waals surface area (Å²) in [6.07, 6.45) is 5.98. The van der Waals surface area contributed by atoms with Crippen LogP contribution in [0.1, 0.15) is 50.4 Å². The van der Waals surface area contributed by atoms with Gasteiger partial charge in [0.15, 0.2) is 0 Å². The SMILES string of the molecule is CNC(=O)C(CC(C)C)NC1CCCc2cccnc21. The minimum atomic E-state index is -0.141. The summed E-state index contributed by atoms with van der Waals surface area (Å²) < 4.78 is 0. The summed E-state index contributed by atoms with van der Waals surface area (Å²) in [5.41, 5.74) is 2.44. The summed E-state index contributed by atoms with van der Waals surface area (Å²) in [6.45, 7) is 4.29. The van der Waals surface area contributed by atoms with E-state index in [0.717, 1.165) is 31.4 Å². The second-order valence-electron chi connectivity index (χ2n) is 5.96. The Morgan fingerprint density at radius 3 is 3.00 bits per heavy atom. The van der Waals surface area contributed by atoms with Gasteiger partial charge in [0.25, 0.3) is 0 Å². The topological polar surface area (TPSA) is 54.0 Å². The molecule has 1 amide bonds. The molecule has 2 atom stereocenters. The van der Waals surface area contributed by atoms with Crippen LogP contribution < -0.4 is 10.6 Å². The van der Waals surface area contributed by atoms with Gasteiger partial charge in [-0.05, 0) is 43.2 Å². The molecular formula is C16H25N3O. The lowest BCUT2D eigenvalue weighted by atomic mass is 9.90. The maximum atomic E-state index is 12.0. The van der Waals surface area contributed by atoms with Gasteiger partial charge in [0.05, 0.1) is 17.8 Å². The third-order valence-electron chi connectivity index (χ3n) is 3.87. The zero-order valence-corrected chi connectivity index (χ0v) is 12.6. The predicted molar refractivity (Wildman–Crippen MR) is 80.4 cm³/mol. The van der Waals surface area contributed by atoms with Crippen LogP contribution in [-0.4, -0.2) is 24.0 Å². The lowest BCUT2D eigenvalue weighted by Gasteiger charge is -2.29. The number of aromatic nitrogens is 1. The van der Waals surface area contributed by atoms with Gasteiger partial charge >= 0.3 is 0 Å². The molecule has 4 heteroatoms. The van der Waals surface area contributed by atoms with E-state index >= 15 is 0 Å². The molecule has 0 aromatic carbocycles. The minimum Gasteiger partial charge on any atom is -0.358 e. The molecule has 1 aliphatic rings. The molecule has 2 unspecified atom stereocenters. The second kappa shape index (κ2) is 6.84. The first-order chi connectivity index (χ1) is 9.61. The van der Waals surface area contributed by atoms with Crippen LogP contribution in [0.25, 0.3) is 0 Å². The number of rotatable bonds is 5. The third kappa shape index (κ3) is 3.57. The summed E-state index contributed by atoms with van der Waals surface area (Å²) >= 11 is 0. The van der Waals surface area contributed by atoms with Crippen LogP contribution in [0.5, 0.6) is 0 Å². The lowest BCUT2D eigenvalue weighted by molar-refractivity contribution is -0.123. The van der Waals surface area contributed by atoms with Crippen LogP contribution >= 0.6 is 0 Å². The summed E-state index contributed by atoms with van der Waals surface area (Å²) in [6, 6.07) is 4.19. The van der Waals surface area contributed by atoms with Crippen LogP contribution in [0, 0.1) is 5.92 Å². The van der Waals surface area contributed by atoms with Crippen molar-refractivity contribution in [1.29, 1.82) is 0 Å². The first kappa shape index (κ1) is 15.0. The molecule has 2 rings (SSSR count). The van der Waals surface area contributed by atoms with Crippen molar-refractivity contribution in [2.75, 3.05) is 7.05 Å². The Kier molecular flexibility index (Phi) is 5.12. The lowest BCUT2D eigenvalue weighted by Crippen LogP contribution is -2.46. The maximum absolute atomic E-state index is 12.0. The smallest absolute Gasteiger partial charge is 0.236 e. The van der Waals surface area contributed by atoms with Gasteiger partial charge in [-0.1, -0.05) is 19.9 Å². The van der Waals surface area contributed by atoms with Gasteiger partial charge in [0.2, 0.25) is 5.91 Å². The van der Waals surface area contributed by atoms with Gasteiger partial charge in [0, 0.05) is 13.2 Å². The van der Waals surface area contributed by atoms with Crippen molar-refractivity contribution in [2.45, 2.75) is 51.6 Å². The fraction of sp³-hybridized carbons (Fsp3) is 0.625. The number of hydrogen-bond donors (Lipinski definition) is 2. The van der Waals surface area contributed by atoms with Crippen molar-refractivity contribution in [3.8, 4) is 0 Å². The van der Waals surface area contributed by atoms with Crippen molar-refractivity contribution in [2.24, 2.45) is 5.92 Å². The molecule has 1 aromatic rings. The van der Waals surface area contributed by atoms with Gasteiger partial charge in [-0.15, -0.1) is 0 Å². The zero-order valence-electron chi connectivity index (χ0n) is 12.6. The number of nitrogens with one attached hydrogen (secondary N) is 2. The highest BCUT2D eigenvalue weighted by Gasteiger charge is 2.27. The molecule has 0 bridgehead atoms. The predicted octanol–water partition coefficient (Wildman–Crippen LogP) is 2.21. The number of likely N-dealkylation sites (N-methyl/N-ethyl adjacent to an activating group) is 1. The van der Waals surface area contributed by atoms with E-state index in [9.17, 15) is 4.79 Å². The molecule has 0 aliphatic heterocycles. The average molecular weight is 275 g/mol. The number of nitrogens with zero attached hydrogens (tertiary/aromatic N) is 1. The molecule has 1 aliphatic carbocycles. The van der Waals surface area contributed by atoms with E-state index in [0.29, 0.717) is 5.92 Å². The number of amides is 1. The average Bonchev–Trinajstić information content (AvgIpc) is 2.45. The van der Waals surface area contributed by atoms with E-state index in [1.807, 2.05) is 12.3 Å². The van der Waals surface area contributed by atoms with Crippen molar-refractivity contribution in [1.82, 2.24) is 15.6 Å². The van der Waals surface area contributed by atoms with E-state index < -0.39 is 0 Å². The Hall–Kier alpha value is -1.42. The van der Waals surface area contributed by atoms with Crippen molar-refractivity contribution in [3.05, 3.63) is 29.6 Å². The number of aryl methyl sites for hydroxylation is 1. The highest BCUT2D eigenvalue weighted by molar-refractivity contribution is 5.81. The molecular weight excluding hydrogens is 250 g/mol. The molecule has 1 aromatic heterocycles. The molecule has 4 nitrogen and oxygen atoms in total. The summed E-state index contributed by atoms with van der Waals surface area (Å²) in [5.74, 6) is 0.554. The van der Waals surface area contributed by atoms with Gasteiger partial charge in [-0.3, -0.25) is 15.1 Å². The molecule has 110 valence electrons. The normalized spacial score (nSPS) is 19.5. The Labute approximate surface area is 121 Å². The summed E-state index contributed by atoms with van der Waals surface area (Å²) in [7, 11) is 1.70. The Bertz CT molecular complexity index is 459. The number of fused-ring (bicyclic) bond motifs is 1. The fourth-order valence-corrected chi connectivity index (χ4v) is 2.91. The number of pyridine rings is 1. The van der Waals surface area contributed by atoms with Gasteiger partial charge in [0.1, 0.15) is 0 Å². The molecule has 2 N–H and O–H groups in total. The Morgan fingerprint density at radius 2 is 2.30 bits per heavy atom. The van der Waals surface area contributed by atoms with Gasteiger partial charge in [-0.2, -0.15) is 0 Å². The van der Waals surface area contributed by atoms with Crippen LogP contribution in [0.3, 0.4) is 0 Å². The number of carbonyl (C=O) groups excluding carboxylic acids is 1. The molecule has 0 fully saturated rings. The highest BCUT2D eigenvalue weighted by Crippen LogP contribution is 2.28. The summed E-state index contributed by atoms with van der Waals surface area (Å²) in [5, 5.41) is 6.28. The van der Waals surface area contributed by atoms with Crippen molar-refractivity contribution >= 4 is 5.91 Å². The molecule has 0 saturated heterocycles. The van der Waals surface area contributed by atoms with Crippen LogP contribution in [0.2, 0.25) is 0 Å². The minimum absolute atomic E-state index is 0.0711. The highest BCUT2D eigenvalue weighted by atomic mass is 16.2. The molecule has 20 heavy (non-hydrogen) atoms. The van der Waals surface area contributed by atoms with Crippen molar-refractivity contribution < 1.29 is 4.79 Å². The van der Waals surface area contributed by atoms with E-state index in [-0.39, 0.29) is 18.0 Å². The van der Waals surface area contributed by atoms with E-state index in [2.05, 4.69) is 35.5 Å². The molecule has 1 heterocycles. The Morgan fingerprint density at radius 1 is 1.50 bits per heavy atom. The first-order valence-electron chi connectivity index (χ1n) is 7.53. The zero-order chi connectivity index (χ0) is 14.5. The monoisotopic (exact) mass is 275 g/mol. The van der Waals surface area contributed by atoms with Crippen LogP contribution in [0.15, 0.2) is 18.3 Å². The fourth-order valence-electron chi connectivity index (χ4n) is 2.91. The van der Waals surface area contributed by atoms with Crippen molar-refractivity contribution in [3.63, 3.8) is 0 Å².